The van der Waals surface area contributed by atoms with E-state index in [9.17, 15) is 4.79 Å². The second-order valence-corrected chi connectivity index (χ2v) is 8.61. The van der Waals surface area contributed by atoms with Gasteiger partial charge in [-0.1, -0.05) is 42.0 Å². The van der Waals surface area contributed by atoms with Crippen LogP contribution in [0.15, 0.2) is 60.2 Å². The fraction of sp³-hybridized carbons (Fsp3) is 0.333. The molecule has 0 atom stereocenters. The molecule has 1 N–H and O–H groups in total. The highest BCUT2D eigenvalue weighted by Gasteiger charge is 2.18. The minimum Gasteiger partial charge on any atom is -0.491 e. The molecule has 5 heteroatoms. The molecular formula is C27H29N3O2. The van der Waals surface area contributed by atoms with Crippen molar-refractivity contribution in [3.05, 3.63) is 71.4 Å². The van der Waals surface area contributed by atoms with Gasteiger partial charge in [0.25, 0.3) is 0 Å². The zero-order valence-corrected chi connectivity index (χ0v) is 18.3. The predicted molar refractivity (Wildman–Crippen MR) is 129 cm³/mol. The molecule has 1 aromatic heterocycles. The molecular weight excluding hydrogens is 398 g/mol. The molecule has 1 fully saturated rings. The Balaban J connectivity index is 1.09. The van der Waals surface area contributed by atoms with E-state index in [1.54, 1.807) is 0 Å². The summed E-state index contributed by atoms with van der Waals surface area (Å²) in [5.41, 5.74) is 5.61. The third-order valence-corrected chi connectivity index (χ3v) is 6.34. The molecule has 2 aromatic carbocycles. The van der Waals surface area contributed by atoms with Crippen LogP contribution >= 0.6 is 0 Å². The van der Waals surface area contributed by atoms with Crippen LogP contribution in [0.1, 0.15) is 36.9 Å². The second-order valence-electron chi connectivity index (χ2n) is 8.61. The van der Waals surface area contributed by atoms with E-state index in [0.29, 0.717) is 13.0 Å². The van der Waals surface area contributed by atoms with Crippen molar-refractivity contribution in [2.24, 2.45) is 0 Å². The summed E-state index contributed by atoms with van der Waals surface area (Å²) in [6.45, 7) is 3.85. The van der Waals surface area contributed by atoms with Gasteiger partial charge in [-0.15, -0.1) is 0 Å². The van der Waals surface area contributed by atoms with Crippen LogP contribution in [-0.2, 0) is 11.2 Å². The Bertz CT molecular complexity index is 1140. The Morgan fingerprint density at radius 3 is 2.75 bits per heavy atom. The van der Waals surface area contributed by atoms with Crippen molar-refractivity contribution in [2.75, 3.05) is 31.6 Å². The average Bonchev–Trinajstić information content (AvgIpc) is 2.83. The van der Waals surface area contributed by atoms with Gasteiger partial charge in [-0.25, -0.2) is 4.98 Å². The maximum Gasteiger partial charge on any atom is 0.224 e. The summed E-state index contributed by atoms with van der Waals surface area (Å²) in [6.07, 6.45) is 6.76. The second kappa shape index (κ2) is 9.53. The molecule has 1 saturated heterocycles. The summed E-state index contributed by atoms with van der Waals surface area (Å²) in [4.78, 5) is 19.0. The lowest BCUT2D eigenvalue weighted by Crippen LogP contribution is -2.32. The number of pyridine rings is 1. The van der Waals surface area contributed by atoms with Crippen LogP contribution in [0.2, 0.25) is 0 Å². The van der Waals surface area contributed by atoms with E-state index in [0.717, 1.165) is 68.0 Å². The van der Waals surface area contributed by atoms with E-state index < -0.39 is 0 Å². The number of carbonyl (C=O) groups is 1. The monoisotopic (exact) mass is 427 g/mol. The van der Waals surface area contributed by atoms with Gasteiger partial charge in [0.1, 0.15) is 5.75 Å². The van der Waals surface area contributed by atoms with E-state index in [2.05, 4.69) is 46.6 Å². The third kappa shape index (κ3) is 4.83. The maximum absolute atomic E-state index is 11.7. The molecule has 2 aliphatic heterocycles. The lowest BCUT2D eigenvalue weighted by molar-refractivity contribution is -0.116. The Morgan fingerprint density at radius 2 is 1.84 bits per heavy atom. The molecule has 5 nitrogen and oxygen atoms in total. The predicted octanol–water partition coefficient (Wildman–Crippen LogP) is 5.07. The molecule has 5 rings (SSSR count). The Kier molecular flexibility index (Phi) is 6.17. The van der Waals surface area contributed by atoms with E-state index in [-0.39, 0.29) is 5.91 Å². The van der Waals surface area contributed by atoms with Gasteiger partial charge in [-0.2, -0.15) is 0 Å². The zero-order valence-electron chi connectivity index (χ0n) is 18.3. The highest BCUT2D eigenvalue weighted by Crippen LogP contribution is 2.32. The van der Waals surface area contributed by atoms with Gasteiger partial charge < -0.3 is 15.0 Å². The summed E-state index contributed by atoms with van der Waals surface area (Å²) >= 11 is 0. The number of benzene rings is 2. The number of rotatable bonds is 6. The van der Waals surface area contributed by atoms with Crippen LogP contribution < -0.4 is 10.1 Å². The van der Waals surface area contributed by atoms with Crippen molar-refractivity contribution in [3.8, 4) is 5.75 Å². The van der Waals surface area contributed by atoms with Crippen LogP contribution in [0.25, 0.3) is 17.0 Å². The lowest BCUT2D eigenvalue weighted by Gasteiger charge is -2.28. The summed E-state index contributed by atoms with van der Waals surface area (Å²) in [7, 11) is 0. The molecule has 3 aromatic rings. The highest BCUT2D eigenvalue weighted by atomic mass is 16.5. The van der Waals surface area contributed by atoms with Crippen LogP contribution in [0, 0.1) is 0 Å². The Labute approximate surface area is 189 Å². The minimum atomic E-state index is 0.0737. The molecule has 0 radical (unpaired) electrons. The SMILES string of the molecule is O=C1CCc2cccc(OCCCN3CCC(=Cc4ccc5ccccc5n4)CC3)c2N1. The zero-order chi connectivity index (χ0) is 21.8. The number of amides is 1. The first-order chi connectivity index (χ1) is 15.7. The fourth-order valence-electron chi connectivity index (χ4n) is 4.55. The standard InChI is InChI=1S/C27H29N3O2/c31-26-12-10-22-6-3-8-25(27(22)29-26)32-18-4-15-30-16-13-20(14-17-30)19-23-11-9-21-5-1-2-7-24(21)28-23/h1-3,5-9,11,19H,4,10,12-18H2,(H,29,31). The lowest BCUT2D eigenvalue weighted by atomic mass is 10.0. The van der Waals surface area contributed by atoms with E-state index in [4.69, 9.17) is 9.72 Å². The Morgan fingerprint density at radius 1 is 0.969 bits per heavy atom. The number of carbonyl (C=O) groups excluding carboxylic acids is 1. The van der Waals surface area contributed by atoms with Crippen molar-refractivity contribution in [1.29, 1.82) is 0 Å². The number of anilines is 1. The minimum absolute atomic E-state index is 0.0737. The van der Waals surface area contributed by atoms with Gasteiger partial charge in [0.15, 0.2) is 0 Å². The number of piperidine rings is 1. The van der Waals surface area contributed by atoms with Gasteiger partial charge >= 0.3 is 0 Å². The molecule has 164 valence electrons. The van der Waals surface area contributed by atoms with Crippen molar-refractivity contribution in [2.45, 2.75) is 32.1 Å². The van der Waals surface area contributed by atoms with E-state index >= 15 is 0 Å². The molecule has 32 heavy (non-hydrogen) atoms. The molecule has 0 saturated carbocycles. The van der Waals surface area contributed by atoms with Crippen molar-refractivity contribution < 1.29 is 9.53 Å². The number of para-hydroxylation sites is 2. The van der Waals surface area contributed by atoms with Gasteiger partial charge in [0.05, 0.1) is 23.5 Å². The normalized spacial score (nSPS) is 16.5. The maximum atomic E-state index is 11.7. The Hall–Kier alpha value is -3.18. The average molecular weight is 428 g/mol. The molecule has 3 heterocycles. The first-order valence-corrected chi connectivity index (χ1v) is 11.6. The number of likely N-dealkylation sites (tertiary alicyclic amines) is 1. The van der Waals surface area contributed by atoms with Crippen LogP contribution in [0.5, 0.6) is 5.75 Å². The molecule has 0 spiro atoms. The third-order valence-electron chi connectivity index (χ3n) is 6.34. The first kappa shape index (κ1) is 20.7. The quantitative estimate of drug-likeness (QED) is 0.558. The summed E-state index contributed by atoms with van der Waals surface area (Å²) in [5.74, 6) is 0.868. The first-order valence-electron chi connectivity index (χ1n) is 11.6. The summed E-state index contributed by atoms with van der Waals surface area (Å²) < 4.78 is 6.02. The van der Waals surface area contributed by atoms with Crippen LogP contribution in [0.4, 0.5) is 5.69 Å². The molecule has 2 aliphatic rings. The molecule has 0 bridgehead atoms. The number of hydrogen-bond acceptors (Lipinski definition) is 4. The van der Waals surface area contributed by atoms with Crippen molar-refractivity contribution in [1.82, 2.24) is 9.88 Å². The number of fused-ring (bicyclic) bond motifs is 2. The smallest absolute Gasteiger partial charge is 0.224 e. The molecule has 1 amide bonds. The summed E-state index contributed by atoms with van der Waals surface area (Å²) in [6, 6.07) is 18.5. The van der Waals surface area contributed by atoms with Gasteiger partial charge in [0, 0.05) is 31.4 Å². The number of nitrogens with zero attached hydrogens (tertiary/aromatic N) is 2. The fourth-order valence-corrected chi connectivity index (χ4v) is 4.55. The number of ether oxygens (including phenoxy) is 1. The summed E-state index contributed by atoms with van der Waals surface area (Å²) in [5, 5.41) is 4.15. The number of aryl methyl sites for hydroxylation is 1. The highest BCUT2D eigenvalue weighted by molar-refractivity contribution is 5.95. The number of nitrogens with one attached hydrogen (secondary N) is 1. The van der Waals surface area contributed by atoms with E-state index in [1.807, 2.05) is 24.3 Å². The number of aromatic nitrogens is 1. The largest absolute Gasteiger partial charge is 0.491 e. The van der Waals surface area contributed by atoms with Crippen molar-refractivity contribution >= 4 is 28.6 Å². The molecule has 0 unspecified atom stereocenters. The number of hydrogen-bond donors (Lipinski definition) is 1. The van der Waals surface area contributed by atoms with Crippen LogP contribution in [-0.4, -0.2) is 42.0 Å². The van der Waals surface area contributed by atoms with Gasteiger partial charge in [-0.3, -0.25) is 4.79 Å². The molecule has 0 aliphatic carbocycles. The van der Waals surface area contributed by atoms with E-state index in [1.165, 1.54) is 16.5 Å². The van der Waals surface area contributed by atoms with Crippen molar-refractivity contribution in [3.63, 3.8) is 0 Å². The van der Waals surface area contributed by atoms with Gasteiger partial charge in [0.2, 0.25) is 5.91 Å². The van der Waals surface area contributed by atoms with Gasteiger partial charge in [-0.05, 0) is 55.5 Å². The van der Waals surface area contributed by atoms with Crippen LogP contribution in [0.3, 0.4) is 0 Å². The topological polar surface area (TPSA) is 54.5 Å².